The van der Waals surface area contributed by atoms with Gasteiger partial charge in [0, 0.05) is 5.56 Å². The summed E-state index contributed by atoms with van der Waals surface area (Å²) >= 11 is 4.86. The van der Waals surface area contributed by atoms with Gasteiger partial charge in [-0.3, -0.25) is 0 Å². The van der Waals surface area contributed by atoms with Gasteiger partial charge < -0.3 is 5.11 Å². The highest BCUT2D eigenvalue weighted by Gasteiger charge is 2.10. The summed E-state index contributed by atoms with van der Waals surface area (Å²) in [7, 11) is 0. The number of benzene rings is 1. The highest BCUT2D eigenvalue weighted by Crippen LogP contribution is 2.32. The van der Waals surface area contributed by atoms with E-state index in [-0.39, 0.29) is 6.61 Å². The Kier molecular flexibility index (Phi) is 3.19. The number of aromatic nitrogens is 1. The molecule has 0 radical (unpaired) electrons. The van der Waals surface area contributed by atoms with E-state index >= 15 is 0 Å². The van der Waals surface area contributed by atoms with Crippen LogP contribution in [0.2, 0.25) is 0 Å². The first-order chi connectivity index (χ1) is 7.22. The lowest BCUT2D eigenvalue weighted by atomic mass is 10.1. The molecule has 0 spiro atoms. The molecule has 4 heteroatoms. The Morgan fingerprint density at radius 1 is 1.40 bits per heavy atom. The molecule has 78 valence electrons. The molecule has 0 fully saturated rings. The fourth-order valence-corrected chi connectivity index (χ4v) is 2.93. The molecule has 0 atom stereocenters. The smallest absolute Gasteiger partial charge is 0.125 e. The summed E-state index contributed by atoms with van der Waals surface area (Å²) in [5.41, 5.74) is 2.33. The molecule has 0 unspecified atom stereocenters. The van der Waals surface area contributed by atoms with Crippen LogP contribution in [0.4, 0.5) is 0 Å². The Morgan fingerprint density at radius 3 is 2.73 bits per heavy atom. The van der Waals surface area contributed by atoms with Gasteiger partial charge in [0.05, 0.1) is 11.5 Å². The number of thiazole rings is 1. The molecule has 15 heavy (non-hydrogen) atoms. The fourth-order valence-electron chi connectivity index (χ4n) is 1.36. The quantitative estimate of drug-likeness (QED) is 0.917. The molecule has 0 amide bonds. The van der Waals surface area contributed by atoms with E-state index in [4.69, 9.17) is 5.11 Å². The van der Waals surface area contributed by atoms with Gasteiger partial charge in [-0.2, -0.15) is 0 Å². The Hall–Kier alpha value is -0.710. The van der Waals surface area contributed by atoms with E-state index in [1.807, 2.05) is 18.2 Å². The lowest BCUT2D eigenvalue weighted by Gasteiger charge is -1.99. The molecule has 0 aliphatic rings. The number of aryl methyl sites for hydroxylation is 1. The van der Waals surface area contributed by atoms with Crippen LogP contribution in [-0.2, 0) is 6.61 Å². The summed E-state index contributed by atoms with van der Waals surface area (Å²) in [6.45, 7) is 2.09. The van der Waals surface area contributed by atoms with Crippen molar-refractivity contribution in [2.24, 2.45) is 0 Å². The maximum atomic E-state index is 9.09. The van der Waals surface area contributed by atoms with Gasteiger partial charge in [0.1, 0.15) is 9.61 Å². The lowest BCUT2D eigenvalue weighted by Crippen LogP contribution is -1.80. The Labute approximate surface area is 101 Å². The van der Waals surface area contributed by atoms with Crippen molar-refractivity contribution in [1.82, 2.24) is 4.98 Å². The molecule has 0 saturated heterocycles. The third-order valence-electron chi connectivity index (χ3n) is 2.17. The van der Waals surface area contributed by atoms with Crippen molar-refractivity contribution in [2.45, 2.75) is 13.5 Å². The van der Waals surface area contributed by atoms with Crippen molar-refractivity contribution in [3.8, 4) is 10.6 Å². The van der Waals surface area contributed by atoms with Gasteiger partial charge in [-0.25, -0.2) is 4.98 Å². The Bertz CT molecular complexity index is 481. The second-order valence-electron chi connectivity index (χ2n) is 3.21. The molecule has 1 heterocycles. The molecule has 0 aliphatic heterocycles. The second-order valence-corrected chi connectivity index (χ2v) is 5.04. The number of hydrogen-bond donors (Lipinski definition) is 1. The number of hydrogen-bond acceptors (Lipinski definition) is 3. The fraction of sp³-hybridized carbons (Fsp3) is 0.182. The normalized spacial score (nSPS) is 10.6. The van der Waals surface area contributed by atoms with Crippen molar-refractivity contribution in [2.75, 3.05) is 0 Å². The molecule has 0 saturated carbocycles. The molecular weight excluding hydrogens is 274 g/mol. The number of halogens is 1. The first-order valence-corrected chi connectivity index (χ1v) is 6.15. The molecule has 0 aliphatic carbocycles. The average molecular weight is 284 g/mol. The van der Waals surface area contributed by atoms with Crippen molar-refractivity contribution in [3.05, 3.63) is 39.3 Å². The molecular formula is C11H10BrNOS. The van der Waals surface area contributed by atoms with Crippen LogP contribution in [0.1, 0.15) is 10.4 Å². The molecule has 2 aromatic rings. The minimum atomic E-state index is 0.0319. The predicted molar refractivity (Wildman–Crippen MR) is 65.9 cm³/mol. The number of rotatable bonds is 2. The maximum Gasteiger partial charge on any atom is 0.125 e. The van der Waals surface area contributed by atoms with E-state index in [1.54, 1.807) is 0 Å². The van der Waals surface area contributed by atoms with Crippen LogP contribution in [-0.4, -0.2) is 10.1 Å². The van der Waals surface area contributed by atoms with Gasteiger partial charge in [0.15, 0.2) is 0 Å². The van der Waals surface area contributed by atoms with Crippen LogP contribution in [0.3, 0.4) is 0 Å². The van der Waals surface area contributed by atoms with Crippen LogP contribution >= 0.6 is 27.3 Å². The van der Waals surface area contributed by atoms with Crippen molar-refractivity contribution < 1.29 is 5.11 Å². The zero-order valence-electron chi connectivity index (χ0n) is 8.20. The van der Waals surface area contributed by atoms with Gasteiger partial charge in [-0.1, -0.05) is 24.3 Å². The average Bonchev–Trinajstić information content (AvgIpc) is 2.60. The van der Waals surface area contributed by atoms with Crippen LogP contribution in [0, 0.1) is 6.92 Å². The molecule has 0 bridgehead atoms. The summed E-state index contributed by atoms with van der Waals surface area (Å²) in [6.07, 6.45) is 0. The highest BCUT2D eigenvalue weighted by atomic mass is 79.9. The standard InChI is InChI=1S/C11H10BrNOS/c1-7-4-2-3-5-8(7)11-13-10(12)9(6-14)15-11/h2-5,14H,6H2,1H3. The van der Waals surface area contributed by atoms with Gasteiger partial charge in [0.25, 0.3) is 0 Å². The van der Waals surface area contributed by atoms with E-state index in [9.17, 15) is 0 Å². The minimum Gasteiger partial charge on any atom is -0.391 e. The van der Waals surface area contributed by atoms with E-state index in [1.165, 1.54) is 16.9 Å². The number of nitrogens with zero attached hydrogens (tertiary/aromatic N) is 1. The second kappa shape index (κ2) is 4.43. The lowest BCUT2D eigenvalue weighted by molar-refractivity contribution is 0.284. The molecule has 1 aromatic heterocycles. The summed E-state index contributed by atoms with van der Waals surface area (Å²) in [4.78, 5) is 5.26. The molecule has 2 rings (SSSR count). The number of aliphatic hydroxyl groups is 1. The van der Waals surface area contributed by atoms with Crippen molar-refractivity contribution >= 4 is 27.3 Å². The zero-order valence-corrected chi connectivity index (χ0v) is 10.6. The maximum absolute atomic E-state index is 9.09. The summed E-state index contributed by atoms with van der Waals surface area (Å²) in [5, 5.41) is 10.0. The Balaban J connectivity index is 2.50. The van der Waals surface area contributed by atoms with Gasteiger partial charge >= 0.3 is 0 Å². The monoisotopic (exact) mass is 283 g/mol. The third-order valence-corrected chi connectivity index (χ3v) is 4.16. The summed E-state index contributed by atoms with van der Waals surface area (Å²) in [6, 6.07) is 8.11. The number of aliphatic hydroxyl groups excluding tert-OH is 1. The van der Waals surface area contributed by atoms with Crippen LogP contribution in [0.5, 0.6) is 0 Å². The van der Waals surface area contributed by atoms with Crippen molar-refractivity contribution in [3.63, 3.8) is 0 Å². The largest absolute Gasteiger partial charge is 0.391 e. The van der Waals surface area contributed by atoms with E-state index in [0.29, 0.717) is 0 Å². The molecule has 1 N–H and O–H groups in total. The van der Waals surface area contributed by atoms with Crippen LogP contribution in [0.25, 0.3) is 10.6 Å². The zero-order chi connectivity index (χ0) is 10.8. The minimum absolute atomic E-state index is 0.0319. The van der Waals surface area contributed by atoms with Gasteiger partial charge in [-0.15, -0.1) is 11.3 Å². The summed E-state index contributed by atoms with van der Waals surface area (Å²) < 4.78 is 0.744. The van der Waals surface area contributed by atoms with Gasteiger partial charge in [0.2, 0.25) is 0 Å². The third kappa shape index (κ3) is 2.12. The van der Waals surface area contributed by atoms with E-state index in [0.717, 1.165) is 20.1 Å². The van der Waals surface area contributed by atoms with E-state index < -0.39 is 0 Å². The van der Waals surface area contributed by atoms with Crippen molar-refractivity contribution in [1.29, 1.82) is 0 Å². The first kappa shape index (κ1) is 10.8. The van der Waals surface area contributed by atoms with Crippen LogP contribution < -0.4 is 0 Å². The predicted octanol–water partition coefficient (Wildman–Crippen LogP) is 3.37. The van der Waals surface area contributed by atoms with Gasteiger partial charge in [-0.05, 0) is 28.4 Å². The van der Waals surface area contributed by atoms with E-state index in [2.05, 4.69) is 33.9 Å². The highest BCUT2D eigenvalue weighted by molar-refractivity contribution is 9.10. The SMILES string of the molecule is Cc1ccccc1-c1nc(Br)c(CO)s1. The molecule has 1 aromatic carbocycles. The first-order valence-electron chi connectivity index (χ1n) is 4.54. The Morgan fingerprint density at radius 2 is 2.13 bits per heavy atom. The van der Waals surface area contributed by atoms with Crippen LogP contribution in [0.15, 0.2) is 28.9 Å². The summed E-state index contributed by atoms with van der Waals surface area (Å²) in [5.74, 6) is 0. The molecule has 2 nitrogen and oxygen atoms in total. The topological polar surface area (TPSA) is 33.1 Å².